The van der Waals surface area contributed by atoms with Crippen LogP contribution in [0.15, 0.2) is 36.5 Å². The van der Waals surface area contributed by atoms with Gasteiger partial charge in [-0.2, -0.15) is 5.10 Å². The Hall–Kier alpha value is -2.84. The molecule has 0 bridgehead atoms. The maximum Gasteiger partial charge on any atom is 0.259 e. The second-order valence-electron chi connectivity index (χ2n) is 7.33. The minimum Gasteiger partial charge on any atom is -0.496 e. The molecule has 0 radical (unpaired) electrons. The Kier molecular flexibility index (Phi) is 6.48. The Morgan fingerprint density at radius 1 is 1.33 bits per heavy atom. The van der Waals surface area contributed by atoms with Gasteiger partial charge in [-0.3, -0.25) is 9.48 Å². The van der Waals surface area contributed by atoms with E-state index in [4.69, 9.17) is 4.74 Å². The average molecular weight is 434 g/mol. The van der Waals surface area contributed by atoms with E-state index in [1.807, 2.05) is 19.3 Å². The van der Waals surface area contributed by atoms with Gasteiger partial charge in [-0.1, -0.05) is 0 Å². The Labute approximate surface area is 180 Å². The summed E-state index contributed by atoms with van der Waals surface area (Å²) in [5, 5.41) is 11.1. The zero-order valence-electron chi connectivity index (χ0n) is 17.1. The summed E-state index contributed by atoms with van der Waals surface area (Å²) in [5.41, 5.74) is 1.99. The molecule has 1 fully saturated rings. The third-order valence-corrected chi connectivity index (χ3v) is 5.12. The highest BCUT2D eigenvalue weighted by atomic mass is 35.5. The zero-order valence-corrected chi connectivity index (χ0v) is 17.9. The maximum atomic E-state index is 14.7. The second-order valence-corrected chi connectivity index (χ2v) is 7.33. The van der Waals surface area contributed by atoms with Crippen molar-refractivity contribution >= 4 is 40.6 Å². The van der Waals surface area contributed by atoms with Gasteiger partial charge in [-0.15, -0.1) is 12.4 Å². The summed E-state index contributed by atoms with van der Waals surface area (Å²) in [6.07, 6.45) is 1.81. The molecular weight excluding hydrogens is 409 g/mol. The van der Waals surface area contributed by atoms with E-state index in [1.165, 1.54) is 13.2 Å². The second kappa shape index (κ2) is 8.89. The summed E-state index contributed by atoms with van der Waals surface area (Å²) in [7, 11) is 3.30. The average Bonchev–Trinajstić information content (AvgIpc) is 3.07. The van der Waals surface area contributed by atoms with Gasteiger partial charge in [0.15, 0.2) is 0 Å². The maximum absolute atomic E-state index is 14.7. The number of piperazine rings is 1. The van der Waals surface area contributed by atoms with Gasteiger partial charge >= 0.3 is 0 Å². The normalized spacial score (nSPS) is 16.3. The van der Waals surface area contributed by atoms with Crippen LogP contribution in [0.3, 0.4) is 0 Å². The Morgan fingerprint density at radius 2 is 2.13 bits per heavy atom. The number of nitrogens with zero attached hydrogens (tertiary/aromatic N) is 3. The fourth-order valence-electron chi connectivity index (χ4n) is 3.68. The van der Waals surface area contributed by atoms with Crippen LogP contribution in [-0.4, -0.2) is 48.5 Å². The molecule has 30 heavy (non-hydrogen) atoms. The molecule has 0 spiro atoms. The summed E-state index contributed by atoms with van der Waals surface area (Å²) in [4.78, 5) is 15.0. The molecule has 160 valence electrons. The first-order valence-corrected chi connectivity index (χ1v) is 9.55. The number of carbonyl (C=O) groups is 1. The first kappa shape index (κ1) is 21.9. The van der Waals surface area contributed by atoms with Crippen molar-refractivity contribution in [3.8, 4) is 5.75 Å². The zero-order chi connectivity index (χ0) is 20.5. The summed E-state index contributed by atoms with van der Waals surface area (Å²) in [5.74, 6) is -0.515. The Bertz CT molecular complexity index is 1070. The van der Waals surface area contributed by atoms with Crippen LogP contribution in [0.1, 0.15) is 17.3 Å². The molecule has 7 nitrogen and oxygen atoms in total. The number of carbonyl (C=O) groups excluding carboxylic acids is 1. The highest BCUT2D eigenvalue weighted by Crippen LogP contribution is 2.28. The van der Waals surface area contributed by atoms with E-state index < -0.39 is 11.7 Å². The molecule has 1 aliphatic heterocycles. The van der Waals surface area contributed by atoms with Crippen LogP contribution in [0, 0.1) is 5.82 Å². The third kappa shape index (κ3) is 4.34. The van der Waals surface area contributed by atoms with Gasteiger partial charge in [0.2, 0.25) is 0 Å². The predicted molar refractivity (Wildman–Crippen MR) is 119 cm³/mol. The molecule has 4 rings (SSSR count). The van der Waals surface area contributed by atoms with Crippen LogP contribution in [-0.2, 0) is 7.05 Å². The van der Waals surface area contributed by atoms with Gasteiger partial charge in [0.05, 0.1) is 23.9 Å². The molecule has 2 aromatic carbocycles. The van der Waals surface area contributed by atoms with E-state index in [1.54, 1.807) is 22.9 Å². The minimum atomic E-state index is -0.469. The summed E-state index contributed by atoms with van der Waals surface area (Å²) in [6.45, 7) is 4.59. The van der Waals surface area contributed by atoms with Crippen molar-refractivity contribution in [2.45, 2.75) is 13.0 Å². The fourth-order valence-corrected chi connectivity index (χ4v) is 3.68. The van der Waals surface area contributed by atoms with Gasteiger partial charge in [0, 0.05) is 56.1 Å². The lowest BCUT2D eigenvalue weighted by molar-refractivity contribution is 0.102. The highest BCUT2D eigenvalue weighted by molar-refractivity contribution is 6.08. The topological polar surface area (TPSA) is 71.4 Å². The van der Waals surface area contributed by atoms with Gasteiger partial charge in [-0.05, 0) is 31.2 Å². The number of ether oxygens (including phenoxy) is 1. The van der Waals surface area contributed by atoms with Crippen LogP contribution in [0.5, 0.6) is 5.75 Å². The van der Waals surface area contributed by atoms with Crippen molar-refractivity contribution in [1.29, 1.82) is 0 Å². The Balaban J connectivity index is 0.00000256. The number of benzene rings is 2. The molecule has 0 saturated carbocycles. The van der Waals surface area contributed by atoms with E-state index in [9.17, 15) is 9.18 Å². The number of halogens is 2. The van der Waals surface area contributed by atoms with Crippen LogP contribution >= 0.6 is 12.4 Å². The van der Waals surface area contributed by atoms with E-state index in [-0.39, 0.29) is 18.1 Å². The molecule has 0 unspecified atom stereocenters. The lowest BCUT2D eigenvalue weighted by atomic mass is 10.1. The molecule has 2 N–H and O–H groups in total. The number of amides is 1. The lowest BCUT2D eigenvalue weighted by Gasteiger charge is -2.33. The summed E-state index contributed by atoms with van der Waals surface area (Å²) in [6, 6.07) is 8.65. The van der Waals surface area contributed by atoms with Crippen molar-refractivity contribution in [3.63, 3.8) is 0 Å². The lowest BCUT2D eigenvalue weighted by Crippen LogP contribution is -2.49. The number of nitrogens with one attached hydrogen (secondary N) is 2. The van der Waals surface area contributed by atoms with Gasteiger partial charge < -0.3 is 20.3 Å². The molecule has 2 heterocycles. The first-order chi connectivity index (χ1) is 13.9. The number of rotatable bonds is 4. The molecular formula is C21H25ClFN5O2. The van der Waals surface area contributed by atoms with Crippen molar-refractivity contribution < 1.29 is 13.9 Å². The summed E-state index contributed by atoms with van der Waals surface area (Å²) < 4.78 is 21.7. The number of aryl methyl sites for hydroxylation is 1. The fraction of sp³-hybridized carbons (Fsp3) is 0.333. The molecule has 1 aliphatic rings. The molecule has 1 atom stereocenters. The third-order valence-electron chi connectivity index (χ3n) is 5.12. The van der Waals surface area contributed by atoms with Gasteiger partial charge in [0.25, 0.3) is 5.91 Å². The molecule has 0 aliphatic carbocycles. The Morgan fingerprint density at radius 3 is 2.83 bits per heavy atom. The number of methoxy groups -OCH3 is 1. The monoisotopic (exact) mass is 433 g/mol. The first-order valence-electron chi connectivity index (χ1n) is 9.55. The SMILES string of the molecule is COc1cc2nn(C)cc2cc1C(=O)Nc1ccc(N2CCN[C@@H](C)C2)cc1F.Cl. The predicted octanol–water partition coefficient (Wildman–Crippen LogP) is 3.19. The summed E-state index contributed by atoms with van der Waals surface area (Å²) >= 11 is 0. The number of anilines is 2. The number of hydrogen-bond acceptors (Lipinski definition) is 5. The van der Waals surface area contributed by atoms with Crippen molar-refractivity contribution in [1.82, 2.24) is 15.1 Å². The van der Waals surface area contributed by atoms with Crippen LogP contribution in [0.4, 0.5) is 15.8 Å². The molecule has 1 saturated heterocycles. The molecule has 9 heteroatoms. The van der Waals surface area contributed by atoms with E-state index in [2.05, 4.69) is 27.6 Å². The number of hydrogen-bond donors (Lipinski definition) is 2. The van der Waals surface area contributed by atoms with Crippen LogP contribution in [0.2, 0.25) is 0 Å². The van der Waals surface area contributed by atoms with E-state index in [0.29, 0.717) is 17.4 Å². The number of aromatic nitrogens is 2. The minimum absolute atomic E-state index is 0. The molecule has 3 aromatic rings. The molecule has 1 aromatic heterocycles. The molecule has 1 amide bonds. The largest absolute Gasteiger partial charge is 0.496 e. The van der Waals surface area contributed by atoms with Crippen molar-refractivity contribution in [2.24, 2.45) is 7.05 Å². The van der Waals surface area contributed by atoms with Gasteiger partial charge in [-0.25, -0.2) is 4.39 Å². The standard InChI is InChI=1S/C21H24FN5O2.ClH/c1-13-11-27(7-6-23-13)15-4-5-18(17(22)9-15)24-21(28)16-8-14-12-26(2)25-19(14)10-20(16)29-3;/h4-5,8-10,12-13,23H,6-7,11H2,1-3H3,(H,24,28);1H/t13-;/m0./s1. The van der Waals surface area contributed by atoms with Crippen LogP contribution < -0.4 is 20.3 Å². The smallest absolute Gasteiger partial charge is 0.259 e. The number of fused-ring (bicyclic) bond motifs is 1. The van der Waals surface area contributed by atoms with Crippen LogP contribution in [0.25, 0.3) is 10.9 Å². The van der Waals surface area contributed by atoms with Crippen molar-refractivity contribution in [2.75, 3.05) is 37.0 Å². The highest BCUT2D eigenvalue weighted by Gasteiger charge is 2.19. The van der Waals surface area contributed by atoms with E-state index >= 15 is 0 Å². The quantitative estimate of drug-likeness (QED) is 0.661. The van der Waals surface area contributed by atoms with Crippen molar-refractivity contribution in [3.05, 3.63) is 47.9 Å². The van der Waals surface area contributed by atoms with Gasteiger partial charge in [0.1, 0.15) is 11.6 Å². The van der Waals surface area contributed by atoms with E-state index in [0.717, 1.165) is 36.2 Å².